The fourth-order valence-corrected chi connectivity index (χ4v) is 2.04. The summed E-state index contributed by atoms with van der Waals surface area (Å²) in [5, 5.41) is 8.63. The maximum atomic E-state index is 4.35. The molecule has 0 N–H and O–H groups in total. The number of anilines is 1. The molecule has 0 saturated carbocycles. The Morgan fingerprint density at radius 2 is 2.00 bits per heavy atom. The van der Waals surface area contributed by atoms with Gasteiger partial charge in [0, 0.05) is 13.1 Å². The van der Waals surface area contributed by atoms with Crippen LogP contribution >= 0.6 is 0 Å². The van der Waals surface area contributed by atoms with Gasteiger partial charge in [0.25, 0.3) is 0 Å². The molecule has 96 valence electrons. The standard InChI is InChI=1S/C12H19N3.C2H6/c1-4-15-7-5-6-10-12(15)8-11(9(2)3)14-13-10;1-2/h8-9H,4-7H2,1-3H3;1-2H3. The van der Waals surface area contributed by atoms with Gasteiger partial charge in [-0.05, 0) is 31.7 Å². The monoisotopic (exact) mass is 235 g/mol. The van der Waals surface area contributed by atoms with Gasteiger partial charge in [0.05, 0.1) is 17.1 Å². The van der Waals surface area contributed by atoms with E-state index in [4.69, 9.17) is 0 Å². The van der Waals surface area contributed by atoms with E-state index in [-0.39, 0.29) is 0 Å². The van der Waals surface area contributed by atoms with Crippen molar-refractivity contribution in [3.63, 3.8) is 0 Å². The van der Waals surface area contributed by atoms with Crippen molar-refractivity contribution in [1.29, 1.82) is 0 Å². The molecule has 0 aliphatic carbocycles. The Morgan fingerprint density at radius 3 is 2.59 bits per heavy atom. The first-order chi connectivity index (χ1) is 8.22. The Kier molecular flexibility index (Phi) is 5.39. The third-order valence-electron chi connectivity index (χ3n) is 3.02. The lowest BCUT2D eigenvalue weighted by Gasteiger charge is -2.29. The average molecular weight is 235 g/mol. The third kappa shape index (κ3) is 3.18. The minimum absolute atomic E-state index is 0.462. The van der Waals surface area contributed by atoms with Gasteiger partial charge in [-0.2, -0.15) is 10.2 Å². The maximum Gasteiger partial charge on any atom is 0.0864 e. The summed E-state index contributed by atoms with van der Waals surface area (Å²) in [6, 6.07) is 2.22. The van der Waals surface area contributed by atoms with Gasteiger partial charge in [0.1, 0.15) is 0 Å². The molecule has 2 rings (SSSR count). The minimum Gasteiger partial charge on any atom is -0.370 e. The molecule has 0 radical (unpaired) electrons. The van der Waals surface area contributed by atoms with E-state index in [0.29, 0.717) is 5.92 Å². The first kappa shape index (κ1) is 13.9. The lowest BCUT2D eigenvalue weighted by atomic mass is 10.0. The Labute approximate surface area is 105 Å². The number of nitrogens with zero attached hydrogens (tertiary/aromatic N) is 3. The molecule has 0 amide bonds. The van der Waals surface area contributed by atoms with E-state index < -0.39 is 0 Å². The zero-order valence-corrected chi connectivity index (χ0v) is 11.8. The Hall–Kier alpha value is -1.12. The number of aryl methyl sites for hydroxylation is 1. The average Bonchev–Trinajstić information content (AvgIpc) is 2.39. The van der Waals surface area contributed by atoms with Gasteiger partial charge in [-0.1, -0.05) is 27.7 Å². The second-order valence-electron chi connectivity index (χ2n) is 4.44. The minimum atomic E-state index is 0.462. The van der Waals surface area contributed by atoms with Crippen molar-refractivity contribution in [2.24, 2.45) is 0 Å². The first-order valence-corrected chi connectivity index (χ1v) is 6.83. The molecule has 17 heavy (non-hydrogen) atoms. The molecule has 0 bridgehead atoms. The normalized spacial score (nSPS) is 14.1. The smallest absolute Gasteiger partial charge is 0.0864 e. The van der Waals surface area contributed by atoms with Crippen LogP contribution in [0.4, 0.5) is 5.69 Å². The number of aromatic nitrogens is 2. The number of hydrogen-bond donors (Lipinski definition) is 0. The van der Waals surface area contributed by atoms with Crippen LogP contribution in [0.3, 0.4) is 0 Å². The van der Waals surface area contributed by atoms with Gasteiger partial charge in [0.15, 0.2) is 0 Å². The highest BCUT2D eigenvalue weighted by Gasteiger charge is 2.18. The molecular weight excluding hydrogens is 210 g/mol. The second-order valence-corrected chi connectivity index (χ2v) is 4.44. The highest BCUT2D eigenvalue weighted by atomic mass is 15.2. The highest BCUT2D eigenvalue weighted by molar-refractivity contribution is 5.53. The molecule has 0 saturated heterocycles. The molecular formula is C14H25N3. The molecule has 3 nitrogen and oxygen atoms in total. The van der Waals surface area contributed by atoms with Crippen LogP contribution in [0.1, 0.15) is 58.3 Å². The van der Waals surface area contributed by atoms with E-state index in [1.165, 1.54) is 17.8 Å². The van der Waals surface area contributed by atoms with Gasteiger partial charge in [-0.25, -0.2) is 0 Å². The predicted molar refractivity (Wildman–Crippen MR) is 73.7 cm³/mol. The van der Waals surface area contributed by atoms with E-state index >= 15 is 0 Å². The van der Waals surface area contributed by atoms with Crippen molar-refractivity contribution in [1.82, 2.24) is 10.2 Å². The first-order valence-electron chi connectivity index (χ1n) is 6.83. The Bertz CT molecular complexity index is 347. The van der Waals surface area contributed by atoms with Crippen molar-refractivity contribution in [2.75, 3.05) is 18.0 Å². The zero-order chi connectivity index (χ0) is 12.8. The molecule has 1 aromatic heterocycles. The van der Waals surface area contributed by atoms with Crippen molar-refractivity contribution in [3.8, 4) is 0 Å². The Balaban J connectivity index is 0.000000686. The summed E-state index contributed by atoms with van der Waals surface area (Å²) in [6.45, 7) is 12.7. The summed E-state index contributed by atoms with van der Waals surface area (Å²) in [4.78, 5) is 2.40. The van der Waals surface area contributed by atoms with E-state index in [0.717, 1.165) is 25.2 Å². The second kappa shape index (κ2) is 6.58. The van der Waals surface area contributed by atoms with Gasteiger partial charge >= 0.3 is 0 Å². The van der Waals surface area contributed by atoms with Crippen LogP contribution in [0, 0.1) is 0 Å². The predicted octanol–water partition coefficient (Wildman–Crippen LogP) is 3.40. The quantitative estimate of drug-likeness (QED) is 0.786. The van der Waals surface area contributed by atoms with Crippen LogP contribution in [0.15, 0.2) is 6.07 Å². The topological polar surface area (TPSA) is 29.0 Å². The number of fused-ring (bicyclic) bond motifs is 1. The van der Waals surface area contributed by atoms with E-state index in [9.17, 15) is 0 Å². The van der Waals surface area contributed by atoms with Crippen LogP contribution in [-0.2, 0) is 6.42 Å². The molecule has 1 aliphatic heterocycles. The van der Waals surface area contributed by atoms with Crippen LogP contribution in [-0.4, -0.2) is 23.3 Å². The lowest BCUT2D eigenvalue weighted by molar-refractivity contribution is 0.665. The fraction of sp³-hybridized carbons (Fsp3) is 0.714. The van der Waals surface area contributed by atoms with Crippen molar-refractivity contribution < 1.29 is 0 Å². The highest BCUT2D eigenvalue weighted by Crippen LogP contribution is 2.26. The summed E-state index contributed by atoms with van der Waals surface area (Å²) in [5.74, 6) is 0.462. The van der Waals surface area contributed by atoms with Crippen LogP contribution in [0.2, 0.25) is 0 Å². The fourth-order valence-electron chi connectivity index (χ4n) is 2.04. The lowest BCUT2D eigenvalue weighted by Crippen LogP contribution is -2.30. The maximum absolute atomic E-state index is 4.35. The molecule has 1 aliphatic rings. The van der Waals surface area contributed by atoms with Gasteiger partial charge < -0.3 is 4.90 Å². The van der Waals surface area contributed by atoms with Crippen molar-refractivity contribution in [3.05, 3.63) is 17.5 Å². The van der Waals surface area contributed by atoms with Gasteiger partial charge in [-0.3, -0.25) is 0 Å². The molecule has 0 atom stereocenters. The van der Waals surface area contributed by atoms with Gasteiger partial charge in [0.2, 0.25) is 0 Å². The van der Waals surface area contributed by atoms with Crippen LogP contribution < -0.4 is 4.90 Å². The van der Waals surface area contributed by atoms with E-state index in [1.807, 2.05) is 13.8 Å². The van der Waals surface area contributed by atoms with E-state index in [1.54, 1.807) is 0 Å². The molecule has 0 unspecified atom stereocenters. The zero-order valence-electron chi connectivity index (χ0n) is 11.8. The number of hydrogen-bond acceptors (Lipinski definition) is 3. The summed E-state index contributed by atoms with van der Waals surface area (Å²) < 4.78 is 0. The SMILES string of the molecule is CC.CCN1CCCc2nnc(C(C)C)cc21. The molecule has 0 aromatic carbocycles. The Morgan fingerprint density at radius 1 is 1.29 bits per heavy atom. The summed E-state index contributed by atoms with van der Waals surface area (Å²) in [6.07, 6.45) is 2.29. The third-order valence-corrected chi connectivity index (χ3v) is 3.02. The largest absolute Gasteiger partial charge is 0.370 e. The summed E-state index contributed by atoms with van der Waals surface area (Å²) in [7, 11) is 0. The molecule has 0 fully saturated rings. The van der Waals surface area contributed by atoms with Crippen molar-refractivity contribution >= 4 is 5.69 Å². The van der Waals surface area contributed by atoms with Crippen LogP contribution in [0.25, 0.3) is 0 Å². The molecule has 1 aromatic rings. The summed E-state index contributed by atoms with van der Waals surface area (Å²) in [5.41, 5.74) is 3.59. The number of rotatable bonds is 2. The van der Waals surface area contributed by atoms with E-state index in [2.05, 4.69) is 41.9 Å². The van der Waals surface area contributed by atoms with Crippen LogP contribution in [0.5, 0.6) is 0 Å². The summed E-state index contributed by atoms with van der Waals surface area (Å²) >= 11 is 0. The molecule has 3 heteroatoms. The van der Waals surface area contributed by atoms with Gasteiger partial charge in [-0.15, -0.1) is 0 Å². The molecule has 2 heterocycles. The molecule has 0 spiro atoms. The van der Waals surface area contributed by atoms with Crippen molar-refractivity contribution in [2.45, 2.75) is 53.4 Å².